The third-order valence-electron chi connectivity index (χ3n) is 3.44. The number of nitrogens with zero attached hydrogens (tertiary/aromatic N) is 1. The Hall–Kier alpha value is -3.15. The molecule has 0 saturated heterocycles. The average Bonchev–Trinajstić information content (AvgIpc) is 2.60. The number of ether oxygens (including phenoxy) is 2. The highest BCUT2D eigenvalue weighted by atomic mass is 16.6. The Balaban J connectivity index is 2.25. The first-order chi connectivity index (χ1) is 12.0. The second-order valence-corrected chi connectivity index (χ2v) is 5.43. The fourth-order valence-electron chi connectivity index (χ4n) is 2.24. The summed E-state index contributed by atoms with van der Waals surface area (Å²) in [5.41, 5.74) is 0.579. The van der Waals surface area contributed by atoms with Crippen LogP contribution < -0.4 is 4.74 Å². The molecule has 0 aromatic heterocycles. The van der Waals surface area contributed by atoms with E-state index >= 15 is 0 Å². The Morgan fingerprint density at radius 2 is 1.96 bits per heavy atom. The molecule has 0 amide bonds. The molecule has 2 rings (SSSR count). The standard InChI is InChI=1S/C19H19NO5/c1-3-8-14(2)25-18-16(11-7-12-17(18)20(22)23)19(21)24-13-15-9-5-4-6-10-15/h3-7,9-12,14H,1,8,13H2,2H3. The van der Waals surface area contributed by atoms with Crippen LogP contribution in [0.25, 0.3) is 0 Å². The van der Waals surface area contributed by atoms with E-state index in [2.05, 4.69) is 6.58 Å². The summed E-state index contributed by atoms with van der Waals surface area (Å²) in [6, 6.07) is 13.4. The first-order valence-corrected chi connectivity index (χ1v) is 7.79. The van der Waals surface area contributed by atoms with E-state index in [1.54, 1.807) is 13.0 Å². The number of nitro groups is 1. The van der Waals surface area contributed by atoms with Crippen LogP contribution in [0.5, 0.6) is 5.75 Å². The molecule has 0 aliphatic rings. The largest absolute Gasteiger partial charge is 0.483 e. The summed E-state index contributed by atoms with van der Waals surface area (Å²) < 4.78 is 10.9. The predicted octanol–water partition coefficient (Wildman–Crippen LogP) is 4.30. The van der Waals surface area contributed by atoms with Crippen molar-refractivity contribution in [2.45, 2.75) is 26.1 Å². The number of rotatable bonds is 8. The van der Waals surface area contributed by atoms with Gasteiger partial charge in [-0.3, -0.25) is 10.1 Å². The molecular weight excluding hydrogens is 322 g/mol. The van der Waals surface area contributed by atoms with Gasteiger partial charge in [-0.25, -0.2) is 4.79 Å². The highest BCUT2D eigenvalue weighted by molar-refractivity contribution is 5.94. The minimum atomic E-state index is -0.673. The predicted molar refractivity (Wildman–Crippen MR) is 93.6 cm³/mol. The zero-order valence-corrected chi connectivity index (χ0v) is 13.9. The van der Waals surface area contributed by atoms with Crippen molar-refractivity contribution >= 4 is 11.7 Å². The van der Waals surface area contributed by atoms with E-state index in [1.165, 1.54) is 18.2 Å². The number of carbonyl (C=O) groups is 1. The maximum absolute atomic E-state index is 12.4. The highest BCUT2D eigenvalue weighted by Crippen LogP contribution is 2.33. The molecule has 2 aromatic carbocycles. The van der Waals surface area contributed by atoms with Crippen LogP contribution in [-0.4, -0.2) is 17.0 Å². The number of hydrogen-bond acceptors (Lipinski definition) is 5. The van der Waals surface area contributed by atoms with Crippen LogP contribution in [0.2, 0.25) is 0 Å². The van der Waals surface area contributed by atoms with Crippen LogP contribution in [0.15, 0.2) is 61.2 Å². The Labute approximate surface area is 145 Å². The van der Waals surface area contributed by atoms with Crippen molar-refractivity contribution < 1.29 is 19.2 Å². The molecule has 0 spiro atoms. The molecule has 1 unspecified atom stereocenters. The Kier molecular flexibility index (Phi) is 6.28. The molecule has 6 nitrogen and oxygen atoms in total. The summed E-state index contributed by atoms with van der Waals surface area (Å²) in [6.07, 6.45) is 1.77. The number of hydrogen-bond donors (Lipinski definition) is 0. The van der Waals surface area contributed by atoms with E-state index in [0.717, 1.165) is 5.56 Å². The van der Waals surface area contributed by atoms with Crippen molar-refractivity contribution in [1.29, 1.82) is 0 Å². The van der Waals surface area contributed by atoms with Crippen molar-refractivity contribution in [2.75, 3.05) is 0 Å². The van der Waals surface area contributed by atoms with Gasteiger partial charge in [0.25, 0.3) is 0 Å². The molecule has 6 heteroatoms. The minimum absolute atomic E-state index is 0.0287. The highest BCUT2D eigenvalue weighted by Gasteiger charge is 2.25. The Morgan fingerprint density at radius 1 is 1.24 bits per heavy atom. The van der Waals surface area contributed by atoms with Gasteiger partial charge < -0.3 is 9.47 Å². The van der Waals surface area contributed by atoms with Crippen molar-refractivity contribution in [3.8, 4) is 5.75 Å². The zero-order chi connectivity index (χ0) is 18.2. The molecule has 0 fully saturated rings. The van der Waals surface area contributed by atoms with Gasteiger partial charge in [0.1, 0.15) is 12.2 Å². The monoisotopic (exact) mass is 341 g/mol. The third kappa shape index (κ3) is 4.91. The second kappa shape index (κ2) is 8.63. The fourth-order valence-corrected chi connectivity index (χ4v) is 2.24. The lowest BCUT2D eigenvalue weighted by Gasteiger charge is -2.16. The van der Waals surface area contributed by atoms with Crippen molar-refractivity contribution in [3.05, 3.63) is 82.4 Å². The normalized spacial score (nSPS) is 11.4. The average molecular weight is 341 g/mol. The number of para-hydroxylation sites is 1. The lowest BCUT2D eigenvalue weighted by Crippen LogP contribution is -2.15. The third-order valence-corrected chi connectivity index (χ3v) is 3.44. The van der Waals surface area contributed by atoms with Crippen molar-refractivity contribution in [1.82, 2.24) is 0 Å². The first kappa shape index (κ1) is 18.2. The van der Waals surface area contributed by atoms with Crippen LogP contribution in [-0.2, 0) is 11.3 Å². The smallest absolute Gasteiger partial charge is 0.342 e. The maximum atomic E-state index is 12.4. The number of benzene rings is 2. The van der Waals surface area contributed by atoms with E-state index in [9.17, 15) is 14.9 Å². The molecule has 0 heterocycles. The molecule has 0 aliphatic heterocycles. The van der Waals surface area contributed by atoms with Crippen molar-refractivity contribution in [3.63, 3.8) is 0 Å². The summed E-state index contributed by atoms with van der Waals surface area (Å²) in [4.78, 5) is 23.1. The first-order valence-electron chi connectivity index (χ1n) is 7.79. The van der Waals surface area contributed by atoms with E-state index in [0.29, 0.717) is 6.42 Å². The molecule has 0 aliphatic carbocycles. The van der Waals surface area contributed by atoms with E-state index in [4.69, 9.17) is 9.47 Å². The van der Waals surface area contributed by atoms with Gasteiger partial charge in [0.2, 0.25) is 5.75 Å². The molecule has 0 N–H and O–H groups in total. The maximum Gasteiger partial charge on any atom is 0.342 e. The molecule has 25 heavy (non-hydrogen) atoms. The molecule has 2 aromatic rings. The van der Waals surface area contributed by atoms with Crippen molar-refractivity contribution in [2.24, 2.45) is 0 Å². The van der Waals surface area contributed by atoms with Gasteiger partial charge in [0, 0.05) is 12.5 Å². The minimum Gasteiger partial charge on any atom is -0.483 e. The lowest BCUT2D eigenvalue weighted by molar-refractivity contribution is -0.386. The van der Waals surface area contributed by atoms with Gasteiger partial charge in [0.05, 0.1) is 11.0 Å². The van der Waals surface area contributed by atoms with Gasteiger partial charge in [-0.2, -0.15) is 0 Å². The number of nitro benzene ring substituents is 1. The topological polar surface area (TPSA) is 78.7 Å². The molecular formula is C19H19NO5. The number of esters is 1. The SMILES string of the molecule is C=CCC(C)Oc1c(C(=O)OCc2ccccc2)cccc1[N+](=O)[O-]. The molecule has 0 saturated carbocycles. The van der Waals surface area contributed by atoms with Crippen LogP contribution in [0.1, 0.15) is 29.3 Å². The quantitative estimate of drug-likeness (QED) is 0.310. The van der Waals surface area contributed by atoms with E-state index in [-0.39, 0.29) is 29.7 Å². The fraction of sp³-hybridized carbons (Fsp3) is 0.211. The van der Waals surface area contributed by atoms with Gasteiger partial charge in [0.15, 0.2) is 0 Å². The molecule has 0 radical (unpaired) electrons. The zero-order valence-electron chi connectivity index (χ0n) is 13.9. The van der Waals surface area contributed by atoms with Gasteiger partial charge in [-0.15, -0.1) is 6.58 Å². The van der Waals surface area contributed by atoms with Gasteiger partial charge in [-0.05, 0) is 18.6 Å². The Bertz CT molecular complexity index is 758. The van der Waals surface area contributed by atoms with Crippen LogP contribution >= 0.6 is 0 Å². The summed E-state index contributed by atoms with van der Waals surface area (Å²) in [5.74, 6) is -0.756. The summed E-state index contributed by atoms with van der Waals surface area (Å²) in [7, 11) is 0. The molecule has 130 valence electrons. The Morgan fingerprint density at radius 3 is 2.60 bits per heavy atom. The van der Waals surface area contributed by atoms with Crippen LogP contribution in [0, 0.1) is 10.1 Å². The summed E-state index contributed by atoms with van der Waals surface area (Å²) in [5, 5.41) is 11.3. The number of carbonyl (C=O) groups excluding carboxylic acids is 1. The van der Waals surface area contributed by atoms with Crippen LogP contribution in [0.4, 0.5) is 5.69 Å². The molecule has 1 atom stereocenters. The van der Waals surface area contributed by atoms with E-state index in [1.807, 2.05) is 30.3 Å². The summed E-state index contributed by atoms with van der Waals surface area (Å²) in [6.45, 7) is 5.44. The lowest BCUT2D eigenvalue weighted by atomic mass is 10.1. The summed E-state index contributed by atoms with van der Waals surface area (Å²) >= 11 is 0. The van der Waals surface area contributed by atoms with Gasteiger partial charge >= 0.3 is 11.7 Å². The van der Waals surface area contributed by atoms with Crippen LogP contribution in [0.3, 0.4) is 0 Å². The van der Waals surface area contributed by atoms with Gasteiger partial charge in [-0.1, -0.05) is 42.5 Å². The van der Waals surface area contributed by atoms with E-state index < -0.39 is 10.9 Å². The molecule has 0 bridgehead atoms. The second-order valence-electron chi connectivity index (χ2n) is 5.43.